The molecule has 2 N–H and O–H groups in total. The molecular weight excluding hydrogens is 316 g/mol. The molecule has 0 bridgehead atoms. The summed E-state index contributed by atoms with van der Waals surface area (Å²) in [6, 6.07) is 11.3. The molecule has 0 spiro atoms. The molecule has 1 heterocycles. The zero-order valence-electron chi connectivity index (χ0n) is 12.6. The van der Waals surface area contributed by atoms with Crippen molar-refractivity contribution in [3.05, 3.63) is 60.2 Å². The molecule has 124 valence electrons. The van der Waals surface area contributed by atoms with E-state index in [0.29, 0.717) is 6.54 Å². The molecule has 0 aromatic heterocycles. The number of benzene rings is 2. The maximum absolute atomic E-state index is 13.1. The molecule has 0 aliphatic carbocycles. The van der Waals surface area contributed by atoms with Gasteiger partial charge < -0.3 is 15.5 Å². The maximum Gasteiger partial charge on any atom is 0.319 e. The molecule has 1 atom stereocenters. The van der Waals surface area contributed by atoms with Gasteiger partial charge in [-0.1, -0.05) is 18.2 Å². The highest BCUT2D eigenvalue weighted by Gasteiger charge is 2.31. The molecule has 24 heavy (non-hydrogen) atoms. The molecule has 1 fully saturated rings. The number of nitrogens with zero attached hydrogens (tertiary/aromatic N) is 1. The van der Waals surface area contributed by atoms with Crippen molar-refractivity contribution in [2.75, 3.05) is 16.8 Å². The van der Waals surface area contributed by atoms with Gasteiger partial charge in [0.2, 0.25) is 5.91 Å². The number of hydrogen-bond acceptors (Lipinski definition) is 2. The Morgan fingerprint density at radius 2 is 1.83 bits per heavy atom. The van der Waals surface area contributed by atoms with Crippen molar-refractivity contribution < 1.29 is 18.4 Å². The normalized spacial score (nSPS) is 17.0. The summed E-state index contributed by atoms with van der Waals surface area (Å²) in [5.74, 6) is -2.11. The smallest absolute Gasteiger partial charge is 0.319 e. The first-order valence-corrected chi connectivity index (χ1v) is 7.41. The Kier molecular flexibility index (Phi) is 4.41. The molecule has 0 radical (unpaired) electrons. The average Bonchev–Trinajstić information content (AvgIpc) is 2.92. The number of carbonyl (C=O) groups excluding carboxylic acids is 2. The maximum atomic E-state index is 13.1. The van der Waals surface area contributed by atoms with E-state index in [4.69, 9.17) is 0 Å². The summed E-state index contributed by atoms with van der Waals surface area (Å²) in [4.78, 5) is 25.6. The van der Waals surface area contributed by atoms with Gasteiger partial charge in [-0.15, -0.1) is 0 Å². The molecule has 2 aromatic carbocycles. The third-order valence-electron chi connectivity index (χ3n) is 3.71. The minimum Gasteiger partial charge on any atom is -0.333 e. The van der Waals surface area contributed by atoms with Crippen LogP contribution in [-0.4, -0.2) is 24.5 Å². The highest BCUT2D eigenvalue weighted by Crippen LogP contribution is 2.21. The fourth-order valence-electron chi connectivity index (χ4n) is 2.59. The van der Waals surface area contributed by atoms with Crippen molar-refractivity contribution in [1.29, 1.82) is 0 Å². The number of urea groups is 1. The Balaban J connectivity index is 1.59. The highest BCUT2D eigenvalue weighted by molar-refractivity contribution is 5.97. The van der Waals surface area contributed by atoms with Gasteiger partial charge in [0.1, 0.15) is 0 Å². The van der Waals surface area contributed by atoms with Gasteiger partial charge in [0.05, 0.1) is 6.04 Å². The largest absolute Gasteiger partial charge is 0.333 e. The van der Waals surface area contributed by atoms with E-state index in [9.17, 15) is 18.4 Å². The van der Waals surface area contributed by atoms with Crippen LogP contribution >= 0.6 is 0 Å². The Labute approximate surface area is 137 Å². The van der Waals surface area contributed by atoms with Crippen molar-refractivity contribution in [1.82, 2.24) is 5.32 Å². The molecule has 1 unspecified atom stereocenters. The van der Waals surface area contributed by atoms with Gasteiger partial charge in [-0.3, -0.25) is 4.79 Å². The standard InChI is InChI=1S/C17H15F2N3O2/c18-14-7-6-11(8-15(14)19)20-17(24)21-12-9-16(23)22(10-12)13-4-2-1-3-5-13/h1-8,12H,9-10H2,(H2,20,21,24). The monoisotopic (exact) mass is 331 g/mol. The lowest BCUT2D eigenvalue weighted by atomic mass is 10.2. The molecule has 2 aromatic rings. The SMILES string of the molecule is O=C(Nc1ccc(F)c(F)c1)NC1CC(=O)N(c2ccccc2)C1. The Morgan fingerprint density at radius 3 is 2.54 bits per heavy atom. The van der Waals surface area contributed by atoms with Crippen LogP contribution in [0.3, 0.4) is 0 Å². The number of hydrogen-bond donors (Lipinski definition) is 2. The summed E-state index contributed by atoms with van der Waals surface area (Å²) in [7, 11) is 0. The van der Waals surface area contributed by atoms with Crippen LogP contribution in [-0.2, 0) is 4.79 Å². The quantitative estimate of drug-likeness (QED) is 0.908. The van der Waals surface area contributed by atoms with Gasteiger partial charge in [-0.2, -0.15) is 0 Å². The lowest BCUT2D eigenvalue weighted by molar-refractivity contribution is -0.117. The molecule has 3 amide bonds. The lowest BCUT2D eigenvalue weighted by Gasteiger charge is -2.17. The van der Waals surface area contributed by atoms with Crippen molar-refractivity contribution in [3.63, 3.8) is 0 Å². The highest BCUT2D eigenvalue weighted by atomic mass is 19.2. The summed E-state index contributed by atoms with van der Waals surface area (Å²) in [6.07, 6.45) is 0.181. The average molecular weight is 331 g/mol. The summed E-state index contributed by atoms with van der Waals surface area (Å²) in [6.45, 7) is 0.355. The fourth-order valence-corrected chi connectivity index (χ4v) is 2.59. The lowest BCUT2D eigenvalue weighted by Crippen LogP contribution is -2.39. The molecule has 3 rings (SSSR count). The zero-order chi connectivity index (χ0) is 17.1. The van der Waals surface area contributed by atoms with E-state index in [-0.39, 0.29) is 24.1 Å². The van der Waals surface area contributed by atoms with Crippen LogP contribution in [0, 0.1) is 11.6 Å². The molecule has 1 aliphatic rings. The van der Waals surface area contributed by atoms with Crippen LogP contribution in [0.2, 0.25) is 0 Å². The van der Waals surface area contributed by atoms with E-state index in [1.807, 2.05) is 30.3 Å². The Hall–Kier alpha value is -2.96. The van der Waals surface area contributed by atoms with Gasteiger partial charge in [0.25, 0.3) is 0 Å². The minimum atomic E-state index is -1.04. The van der Waals surface area contributed by atoms with E-state index in [1.54, 1.807) is 4.90 Å². The summed E-state index contributed by atoms with van der Waals surface area (Å²) in [5.41, 5.74) is 0.906. The molecular formula is C17H15F2N3O2. The second-order valence-corrected chi connectivity index (χ2v) is 5.47. The Morgan fingerprint density at radius 1 is 1.08 bits per heavy atom. The predicted octanol–water partition coefficient (Wildman–Crippen LogP) is 2.89. The van der Waals surface area contributed by atoms with Gasteiger partial charge in [0, 0.05) is 30.4 Å². The first-order chi connectivity index (χ1) is 11.5. The van der Waals surface area contributed by atoms with Crippen molar-refractivity contribution in [3.8, 4) is 0 Å². The van der Waals surface area contributed by atoms with Crippen LogP contribution in [0.1, 0.15) is 6.42 Å². The summed E-state index contributed by atoms with van der Waals surface area (Å²) >= 11 is 0. The molecule has 7 heteroatoms. The minimum absolute atomic E-state index is 0.0840. The first kappa shape index (κ1) is 15.9. The Bertz CT molecular complexity index is 768. The molecule has 5 nitrogen and oxygen atoms in total. The zero-order valence-corrected chi connectivity index (χ0v) is 12.6. The molecule has 1 saturated heterocycles. The first-order valence-electron chi connectivity index (χ1n) is 7.41. The second kappa shape index (κ2) is 6.66. The third kappa shape index (κ3) is 3.51. The molecule has 0 saturated carbocycles. The van der Waals surface area contributed by atoms with E-state index in [2.05, 4.69) is 10.6 Å². The predicted molar refractivity (Wildman–Crippen MR) is 85.7 cm³/mol. The van der Waals surface area contributed by atoms with Crippen LogP contribution < -0.4 is 15.5 Å². The number of amides is 3. The number of para-hydroxylation sites is 1. The van der Waals surface area contributed by atoms with E-state index >= 15 is 0 Å². The van der Waals surface area contributed by atoms with Crippen molar-refractivity contribution in [2.24, 2.45) is 0 Å². The van der Waals surface area contributed by atoms with Crippen molar-refractivity contribution in [2.45, 2.75) is 12.5 Å². The van der Waals surface area contributed by atoms with Gasteiger partial charge >= 0.3 is 6.03 Å². The number of halogens is 2. The second-order valence-electron chi connectivity index (χ2n) is 5.47. The third-order valence-corrected chi connectivity index (χ3v) is 3.71. The van der Waals surface area contributed by atoms with Crippen LogP contribution in [0.25, 0.3) is 0 Å². The van der Waals surface area contributed by atoms with E-state index in [1.165, 1.54) is 6.07 Å². The van der Waals surface area contributed by atoms with Crippen LogP contribution in [0.4, 0.5) is 25.0 Å². The number of carbonyl (C=O) groups is 2. The fraction of sp³-hybridized carbons (Fsp3) is 0.176. The topological polar surface area (TPSA) is 61.4 Å². The number of anilines is 2. The van der Waals surface area contributed by atoms with E-state index < -0.39 is 17.7 Å². The van der Waals surface area contributed by atoms with E-state index in [0.717, 1.165) is 17.8 Å². The summed E-state index contributed by atoms with van der Waals surface area (Å²) in [5, 5.41) is 5.08. The number of nitrogens with one attached hydrogen (secondary N) is 2. The van der Waals surface area contributed by atoms with Gasteiger partial charge in [-0.05, 0) is 24.3 Å². The van der Waals surface area contributed by atoms with Crippen LogP contribution in [0.5, 0.6) is 0 Å². The van der Waals surface area contributed by atoms with Gasteiger partial charge in [-0.25, -0.2) is 13.6 Å². The molecule has 1 aliphatic heterocycles. The van der Waals surface area contributed by atoms with Crippen LogP contribution in [0.15, 0.2) is 48.5 Å². The summed E-state index contributed by atoms with van der Waals surface area (Å²) < 4.78 is 26.0. The number of rotatable bonds is 3. The van der Waals surface area contributed by atoms with Crippen molar-refractivity contribution >= 4 is 23.3 Å². The van der Waals surface area contributed by atoms with Gasteiger partial charge in [0.15, 0.2) is 11.6 Å².